The number of hydrogen-bond donors (Lipinski definition) is 1. The van der Waals surface area contributed by atoms with Gasteiger partial charge >= 0.3 is 0 Å². The lowest BCUT2D eigenvalue weighted by atomic mass is 10.2. The van der Waals surface area contributed by atoms with Crippen molar-refractivity contribution in [3.8, 4) is 17.2 Å². The van der Waals surface area contributed by atoms with Gasteiger partial charge in [-0.1, -0.05) is 17.8 Å². The molecule has 2 aromatic heterocycles. The standard InChI is InChI=1S/C20H20N2O5S3/c1-25-15-7-12(8-16(26-2)19(15)27-3)21-18(24)9-13-10-29-20(22-13)30-11-14(23)17-5-4-6-28-17/h4-8,10H,9,11H2,1-3H3,(H,21,24). The molecule has 1 aromatic carbocycles. The van der Waals surface area contributed by atoms with Gasteiger partial charge in [-0.25, -0.2) is 4.98 Å². The van der Waals surface area contributed by atoms with Gasteiger partial charge in [0.1, 0.15) is 0 Å². The number of thiophene rings is 1. The van der Waals surface area contributed by atoms with E-state index in [0.29, 0.717) is 34.4 Å². The Morgan fingerprint density at radius 2 is 1.83 bits per heavy atom. The van der Waals surface area contributed by atoms with Crippen LogP contribution in [0.4, 0.5) is 5.69 Å². The maximum Gasteiger partial charge on any atom is 0.230 e. The van der Waals surface area contributed by atoms with Crippen molar-refractivity contribution in [3.63, 3.8) is 0 Å². The minimum Gasteiger partial charge on any atom is -0.493 e. The molecule has 1 amide bonds. The first-order chi connectivity index (χ1) is 14.5. The van der Waals surface area contributed by atoms with E-state index in [9.17, 15) is 9.59 Å². The van der Waals surface area contributed by atoms with Crippen LogP contribution in [-0.2, 0) is 11.2 Å². The maximum absolute atomic E-state index is 12.4. The molecule has 0 atom stereocenters. The highest BCUT2D eigenvalue weighted by Crippen LogP contribution is 2.40. The van der Waals surface area contributed by atoms with Crippen LogP contribution in [-0.4, -0.2) is 43.8 Å². The first kappa shape index (κ1) is 22.1. The number of carbonyl (C=O) groups is 2. The molecular formula is C20H20N2O5S3. The highest BCUT2D eigenvalue weighted by atomic mass is 32.2. The van der Waals surface area contributed by atoms with Gasteiger partial charge in [0.15, 0.2) is 21.6 Å². The number of hydrogen-bond acceptors (Lipinski definition) is 9. The third-order valence-corrected chi connectivity index (χ3v) is 6.92. The molecular weight excluding hydrogens is 444 g/mol. The van der Waals surface area contributed by atoms with Crippen molar-refractivity contribution in [3.05, 3.63) is 45.6 Å². The Morgan fingerprint density at radius 3 is 2.43 bits per heavy atom. The van der Waals surface area contributed by atoms with Crippen LogP contribution in [0.25, 0.3) is 0 Å². The first-order valence-electron chi connectivity index (χ1n) is 8.77. The number of Topliss-reactive ketones (excluding diaryl/α,β-unsaturated/α-hetero) is 1. The van der Waals surface area contributed by atoms with Crippen LogP contribution in [0.15, 0.2) is 39.4 Å². The van der Waals surface area contributed by atoms with Gasteiger partial charge in [-0.3, -0.25) is 9.59 Å². The third-order valence-electron chi connectivity index (χ3n) is 3.94. The number of carbonyl (C=O) groups excluding carboxylic acids is 2. The SMILES string of the molecule is COc1cc(NC(=O)Cc2csc(SCC(=O)c3cccs3)n2)cc(OC)c1OC. The summed E-state index contributed by atoms with van der Waals surface area (Å²) in [5.74, 6) is 1.54. The van der Waals surface area contributed by atoms with Crippen LogP contribution in [0, 0.1) is 0 Å². The number of benzene rings is 1. The second-order valence-corrected chi connectivity index (χ2v) is 8.96. The van der Waals surface area contributed by atoms with Crippen LogP contribution < -0.4 is 19.5 Å². The number of nitrogens with zero attached hydrogens (tertiary/aromatic N) is 1. The zero-order valence-electron chi connectivity index (χ0n) is 16.6. The number of thiazole rings is 1. The number of ketones is 1. The van der Waals surface area contributed by atoms with Crippen LogP contribution in [0.1, 0.15) is 15.4 Å². The topological polar surface area (TPSA) is 86.8 Å². The van der Waals surface area contributed by atoms with Gasteiger partial charge in [-0.15, -0.1) is 22.7 Å². The second-order valence-electron chi connectivity index (χ2n) is 5.93. The summed E-state index contributed by atoms with van der Waals surface area (Å²) in [6.07, 6.45) is 0.118. The number of aromatic nitrogens is 1. The van der Waals surface area contributed by atoms with E-state index in [2.05, 4.69) is 10.3 Å². The van der Waals surface area contributed by atoms with E-state index in [-0.39, 0.29) is 18.1 Å². The monoisotopic (exact) mass is 464 g/mol. The zero-order chi connectivity index (χ0) is 21.5. The van der Waals surface area contributed by atoms with Crippen molar-refractivity contribution in [2.75, 3.05) is 32.4 Å². The molecule has 1 N–H and O–H groups in total. The summed E-state index contributed by atoms with van der Waals surface area (Å²) < 4.78 is 16.6. The van der Waals surface area contributed by atoms with E-state index in [1.54, 1.807) is 12.1 Å². The lowest BCUT2D eigenvalue weighted by Crippen LogP contribution is -2.15. The largest absolute Gasteiger partial charge is 0.493 e. The molecule has 0 unspecified atom stereocenters. The van der Waals surface area contributed by atoms with E-state index in [0.717, 1.165) is 9.22 Å². The van der Waals surface area contributed by atoms with Crippen molar-refractivity contribution in [1.82, 2.24) is 4.98 Å². The normalized spacial score (nSPS) is 10.5. The fraction of sp³-hybridized carbons (Fsp3) is 0.250. The molecule has 0 bridgehead atoms. The Balaban J connectivity index is 1.58. The predicted molar refractivity (Wildman–Crippen MR) is 120 cm³/mol. The molecule has 0 aliphatic carbocycles. The highest BCUT2D eigenvalue weighted by Gasteiger charge is 2.16. The van der Waals surface area contributed by atoms with Gasteiger partial charge in [0.05, 0.1) is 44.1 Å². The number of nitrogens with one attached hydrogen (secondary N) is 1. The number of ether oxygens (including phenoxy) is 3. The van der Waals surface area contributed by atoms with E-state index in [1.165, 1.54) is 55.8 Å². The summed E-state index contributed by atoms with van der Waals surface area (Å²) in [7, 11) is 4.55. The molecule has 30 heavy (non-hydrogen) atoms. The molecule has 3 rings (SSSR count). The number of methoxy groups -OCH3 is 3. The smallest absolute Gasteiger partial charge is 0.230 e. The molecule has 0 radical (unpaired) electrons. The quantitative estimate of drug-likeness (QED) is 0.352. The molecule has 2 heterocycles. The Morgan fingerprint density at radius 1 is 1.10 bits per heavy atom. The summed E-state index contributed by atoms with van der Waals surface area (Å²) in [5, 5.41) is 6.53. The van der Waals surface area contributed by atoms with Gasteiger partial charge in [0.25, 0.3) is 0 Å². The predicted octanol–water partition coefficient (Wildman–Crippen LogP) is 4.39. The Kier molecular flexibility index (Phi) is 7.72. The lowest BCUT2D eigenvalue weighted by Gasteiger charge is -2.14. The number of thioether (sulfide) groups is 1. The summed E-state index contributed by atoms with van der Waals surface area (Å²) in [5.41, 5.74) is 1.18. The molecule has 158 valence electrons. The Bertz CT molecular complexity index is 992. The minimum atomic E-state index is -0.221. The van der Waals surface area contributed by atoms with Gasteiger partial charge in [-0.05, 0) is 11.4 Å². The van der Waals surface area contributed by atoms with Crippen LogP contribution >= 0.6 is 34.4 Å². The summed E-state index contributed by atoms with van der Waals surface area (Å²) in [6.45, 7) is 0. The Hall–Kier alpha value is -2.56. The molecule has 0 saturated carbocycles. The third kappa shape index (κ3) is 5.53. The van der Waals surface area contributed by atoms with E-state index in [4.69, 9.17) is 14.2 Å². The average Bonchev–Trinajstić information content (AvgIpc) is 3.43. The van der Waals surface area contributed by atoms with Crippen LogP contribution in [0.2, 0.25) is 0 Å². The molecule has 10 heteroatoms. The van der Waals surface area contributed by atoms with Crippen LogP contribution in [0.5, 0.6) is 17.2 Å². The highest BCUT2D eigenvalue weighted by molar-refractivity contribution is 8.01. The molecule has 7 nitrogen and oxygen atoms in total. The van der Waals surface area contributed by atoms with E-state index in [1.807, 2.05) is 22.9 Å². The van der Waals surface area contributed by atoms with Gasteiger partial charge in [0, 0.05) is 23.2 Å². The number of amides is 1. The fourth-order valence-electron chi connectivity index (χ4n) is 2.59. The molecule has 0 fully saturated rings. The van der Waals surface area contributed by atoms with Crippen molar-refractivity contribution >= 4 is 51.8 Å². The summed E-state index contributed by atoms with van der Waals surface area (Å²) >= 11 is 4.23. The summed E-state index contributed by atoms with van der Waals surface area (Å²) in [4.78, 5) is 29.7. The van der Waals surface area contributed by atoms with E-state index >= 15 is 0 Å². The maximum atomic E-state index is 12.4. The minimum absolute atomic E-state index is 0.0758. The second kappa shape index (κ2) is 10.5. The molecule has 3 aromatic rings. The van der Waals surface area contributed by atoms with E-state index < -0.39 is 0 Å². The number of anilines is 1. The van der Waals surface area contributed by atoms with Crippen molar-refractivity contribution in [2.24, 2.45) is 0 Å². The van der Waals surface area contributed by atoms with Crippen molar-refractivity contribution in [2.45, 2.75) is 10.8 Å². The van der Waals surface area contributed by atoms with Gasteiger partial charge in [0.2, 0.25) is 11.7 Å². The van der Waals surface area contributed by atoms with Gasteiger partial charge < -0.3 is 19.5 Å². The average molecular weight is 465 g/mol. The number of rotatable bonds is 10. The molecule has 0 spiro atoms. The van der Waals surface area contributed by atoms with Crippen molar-refractivity contribution in [1.29, 1.82) is 0 Å². The zero-order valence-corrected chi connectivity index (χ0v) is 19.0. The van der Waals surface area contributed by atoms with Crippen LogP contribution in [0.3, 0.4) is 0 Å². The first-order valence-corrected chi connectivity index (χ1v) is 11.5. The Labute approximate surface area is 186 Å². The van der Waals surface area contributed by atoms with Gasteiger partial charge in [-0.2, -0.15) is 0 Å². The molecule has 0 saturated heterocycles. The molecule has 0 aliphatic heterocycles. The molecule has 0 aliphatic rings. The fourth-order valence-corrected chi connectivity index (χ4v) is 5.08. The van der Waals surface area contributed by atoms with Crippen molar-refractivity contribution < 1.29 is 23.8 Å². The summed E-state index contributed by atoms with van der Waals surface area (Å²) in [6, 6.07) is 7.00. The lowest BCUT2D eigenvalue weighted by molar-refractivity contribution is -0.115.